The molecule has 1 N–H and O–H groups in total. The summed E-state index contributed by atoms with van der Waals surface area (Å²) in [6, 6.07) is 14.1. The Labute approximate surface area is 149 Å². The molecule has 0 aliphatic carbocycles. The van der Waals surface area contributed by atoms with E-state index in [0.717, 1.165) is 5.56 Å². The van der Waals surface area contributed by atoms with E-state index in [9.17, 15) is 4.79 Å². The molecule has 7 heteroatoms. The highest BCUT2D eigenvalue weighted by atomic mass is 35.5. The number of nitrogens with one attached hydrogen (secondary N) is 1. The summed E-state index contributed by atoms with van der Waals surface area (Å²) in [7, 11) is 0. The summed E-state index contributed by atoms with van der Waals surface area (Å²) < 4.78 is 0. The third-order valence-electron chi connectivity index (χ3n) is 3.50. The maximum absolute atomic E-state index is 12.6. The van der Waals surface area contributed by atoms with Crippen LogP contribution in [0.15, 0.2) is 60.9 Å². The van der Waals surface area contributed by atoms with Gasteiger partial charge >= 0.3 is 0 Å². The Hall–Kier alpha value is -2.37. The number of hydrogen-bond acceptors (Lipinski definition) is 3. The molecule has 0 fully saturated rings. The second-order valence-electron chi connectivity index (χ2n) is 5.14. The number of aromatic nitrogens is 3. The molecule has 0 radical (unpaired) electrons. The zero-order valence-electron chi connectivity index (χ0n) is 12.6. The fourth-order valence-corrected chi connectivity index (χ4v) is 2.82. The summed E-state index contributed by atoms with van der Waals surface area (Å²) >= 11 is 12.0. The van der Waals surface area contributed by atoms with Gasteiger partial charge in [-0.3, -0.25) is 4.79 Å². The van der Waals surface area contributed by atoms with Crippen molar-refractivity contribution in [3.8, 4) is 0 Å². The van der Waals surface area contributed by atoms with Gasteiger partial charge < -0.3 is 5.32 Å². The van der Waals surface area contributed by atoms with E-state index in [1.165, 1.54) is 4.80 Å². The van der Waals surface area contributed by atoms with Gasteiger partial charge in [0.15, 0.2) is 0 Å². The van der Waals surface area contributed by atoms with Gasteiger partial charge in [0.2, 0.25) is 0 Å². The fraction of sp³-hybridized carbons (Fsp3) is 0.118. The van der Waals surface area contributed by atoms with E-state index in [-0.39, 0.29) is 11.9 Å². The third kappa shape index (κ3) is 3.93. The molecular weight excluding hydrogens is 347 g/mol. The summed E-state index contributed by atoms with van der Waals surface area (Å²) in [6.45, 7) is 0.411. The Morgan fingerprint density at radius 3 is 2.46 bits per heavy atom. The largest absolute Gasteiger partial charge is 0.343 e. The predicted molar refractivity (Wildman–Crippen MR) is 93.1 cm³/mol. The molecule has 0 spiro atoms. The molecule has 3 rings (SSSR count). The lowest BCUT2D eigenvalue weighted by Crippen LogP contribution is -2.32. The van der Waals surface area contributed by atoms with Crippen molar-refractivity contribution in [2.45, 2.75) is 12.6 Å². The predicted octanol–water partition coefficient (Wildman–Crippen LogP) is 3.76. The summed E-state index contributed by atoms with van der Waals surface area (Å²) in [6.07, 6.45) is 3.19. The van der Waals surface area contributed by atoms with Crippen molar-refractivity contribution in [2.24, 2.45) is 0 Å². The fourth-order valence-electron chi connectivity index (χ4n) is 2.33. The SMILES string of the molecule is O=C(NC(Cn1nccn1)c1ccccc1)c1ccc(Cl)cc1Cl. The van der Waals surface area contributed by atoms with E-state index < -0.39 is 0 Å². The van der Waals surface area contributed by atoms with Crippen molar-refractivity contribution in [1.29, 1.82) is 0 Å². The van der Waals surface area contributed by atoms with Crippen LogP contribution in [0.25, 0.3) is 0 Å². The van der Waals surface area contributed by atoms with Gasteiger partial charge in [0.1, 0.15) is 0 Å². The first-order chi connectivity index (χ1) is 11.6. The third-order valence-corrected chi connectivity index (χ3v) is 4.04. The smallest absolute Gasteiger partial charge is 0.253 e. The van der Waals surface area contributed by atoms with E-state index in [2.05, 4.69) is 15.5 Å². The van der Waals surface area contributed by atoms with E-state index in [1.807, 2.05) is 30.3 Å². The lowest BCUT2D eigenvalue weighted by atomic mass is 10.1. The number of hydrogen-bond donors (Lipinski definition) is 1. The first kappa shape index (κ1) is 16.5. The highest BCUT2D eigenvalue weighted by Gasteiger charge is 2.19. The topological polar surface area (TPSA) is 59.8 Å². The van der Waals surface area contributed by atoms with Crippen LogP contribution >= 0.6 is 23.2 Å². The Morgan fingerprint density at radius 2 is 1.79 bits per heavy atom. The number of rotatable bonds is 5. The molecule has 24 heavy (non-hydrogen) atoms. The van der Waals surface area contributed by atoms with Crippen LogP contribution in [-0.2, 0) is 6.54 Å². The van der Waals surface area contributed by atoms with Crippen molar-refractivity contribution < 1.29 is 4.79 Å². The zero-order valence-corrected chi connectivity index (χ0v) is 14.1. The van der Waals surface area contributed by atoms with Gasteiger partial charge in [0.25, 0.3) is 5.91 Å². The monoisotopic (exact) mass is 360 g/mol. The molecule has 1 amide bonds. The lowest BCUT2D eigenvalue weighted by Gasteiger charge is -2.19. The second kappa shape index (κ2) is 7.47. The molecule has 122 valence electrons. The van der Waals surface area contributed by atoms with Crippen molar-refractivity contribution >= 4 is 29.1 Å². The molecule has 3 aromatic rings. The maximum atomic E-state index is 12.6. The zero-order chi connectivity index (χ0) is 16.9. The van der Waals surface area contributed by atoms with Crippen molar-refractivity contribution in [3.05, 3.63) is 82.1 Å². The molecule has 5 nitrogen and oxygen atoms in total. The van der Waals surface area contributed by atoms with Crippen LogP contribution in [0.1, 0.15) is 22.0 Å². The minimum atomic E-state index is -0.294. The van der Waals surface area contributed by atoms with E-state index >= 15 is 0 Å². The van der Waals surface area contributed by atoms with Gasteiger partial charge in [-0.05, 0) is 23.8 Å². The highest BCUT2D eigenvalue weighted by molar-refractivity contribution is 6.36. The number of carbonyl (C=O) groups is 1. The van der Waals surface area contributed by atoms with Crippen LogP contribution in [0, 0.1) is 0 Å². The number of nitrogens with zero attached hydrogens (tertiary/aromatic N) is 3. The molecule has 2 aromatic carbocycles. The molecule has 0 aliphatic heterocycles. The van der Waals surface area contributed by atoms with Gasteiger partial charge in [-0.15, -0.1) is 0 Å². The quantitative estimate of drug-likeness (QED) is 0.753. The lowest BCUT2D eigenvalue weighted by molar-refractivity contribution is 0.0931. The Kier molecular flexibility index (Phi) is 5.13. The van der Waals surface area contributed by atoms with Crippen molar-refractivity contribution in [2.75, 3.05) is 0 Å². The highest BCUT2D eigenvalue weighted by Crippen LogP contribution is 2.22. The number of carbonyl (C=O) groups excluding carboxylic acids is 1. The molecule has 1 unspecified atom stereocenters. The van der Waals surface area contributed by atoms with Gasteiger partial charge in [0.05, 0.1) is 35.6 Å². The Bertz CT molecular complexity index is 822. The average Bonchev–Trinajstić information content (AvgIpc) is 3.08. The average molecular weight is 361 g/mol. The summed E-state index contributed by atoms with van der Waals surface area (Å²) in [5.74, 6) is -0.280. The van der Waals surface area contributed by atoms with Crippen LogP contribution in [0.4, 0.5) is 0 Å². The number of halogens is 2. The number of amides is 1. The van der Waals surface area contributed by atoms with Crippen molar-refractivity contribution in [1.82, 2.24) is 20.3 Å². The van der Waals surface area contributed by atoms with Crippen LogP contribution in [0.2, 0.25) is 10.0 Å². The van der Waals surface area contributed by atoms with E-state index in [4.69, 9.17) is 23.2 Å². The van der Waals surface area contributed by atoms with Crippen LogP contribution in [0.5, 0.6) is 0 Å². The van der Waals surface area contributed by atoms with Gasteiger partial charge in [-0.25, -0.2) is 0 Å². The first-order valence-electron chi connectivity index (χ1n) is 7.28. The van der Waals surface area contributed by atoms with Crippen LogP contribution in [0.3, 0.4) is 0 Å². The minimum absolute atomic E-state index is 0.280. The molecular formula is C17H14Cl2N4O. The van der Waals surface area contributed by atoms with Crippen molar-refractivity contribution in [3.63, 3.8) is 0 Å². The molecule has 0 saturated carbocycles. The van der Waals surface area contributed by atoms with Gasteiger partial charge in [-0.1, -0.05) is 53.5 Å². The summed E-state index contributed by atoms with van der Waals surface area (Å²) in [5.41, 5.74) is 1.32. The maximum Gasteiger partial charge on any atom is 0.253 e. The Balaban J connectivity index is 1.84. The molecule has 1 aromatic heterocycles. The van der Waals surface area contributed by atoms with Crippen LogP contribution < -0.4 is 5.32 Å². The van der Waals surface area contributed by atoms with Crippen LogP contribution in [-0.4, -0.2) is 20.9 Å². The second-order valence-corrected chi connectivity index (χ2v) is 5.99. The molecule has 1 heterocycles. The first-order valence-corrected chi connectivity index (χ1v) is 8.04. The summed E-state index contributed by atoms with van der Waals surface area (Å²) in [5, 5.41) is 12.0. The van der Waals surface area contributed by atoms with E-state index in [0.29, 0.717) is 22.2 Å². The van der Waals surface area contributed by atoms with E-state index in [1.54, 1.807) is 30.6 Å². The molecule has 0 aliphatic rings. The Morgan fingerprint density at radius 1 is 1.08 bits per heavy atom. The summed E-state index contributed by atoms with van der Waals surface area (Å²) in [4.78, 5) is 14.1. The van der Waals surface area contributed by atoms with Gasteiger partial charge in [-0.2, -0.15) is 15.0 Å². The standard InChI is InChI=1S/C17H14Cl2N4O/c18-13-6-7-14(15(19)10-13)17(24)22-16(11-23-20-8-9-21-23)12-4-2-1-3-5-12/h1-10,16H,11H2,(H,22,24). The molecule has 0 saturated heterocycles. The molecule has 0 bridgehead atoms. The minimum Gasteiger partial charge on any atom is -0.343 e. The normalized spacial score (nSPS) is 11.9. The molecule has 1 atom stereocenters. The number of benzene rings is 2. The van der Waals surface area contributed by atoms with Gasteiger partial charge in [0, 0.05) is 5.02 Å².